The zero-order valence-electron chi connectivity index (χ0n) is 8.12. The zero-order chi connectivity index (χ0) is 8.89. The zero-order valence-corrected chi connectivity index (χ0v) is 8.93. The van der Waals surface area contributed by atoms with Gasteiger partial charge in [-0.15, -0.1) is 12.4 Å². The Kier molecular flexibility index (Phi) is 2.27. The molecule has 1 N–H and O–H groups in total. The van der Waals surface area contributed by atoms with Crippen LogP contribution in [0.5, 0.6) is 0 Å². The molecule has 78 valence electrons. The molecule has 1 saturated heterocycles. The number of aryl methyl sites for hydroxylation is 1. The first-order valence-corrected chi connectivity index (χ1v) is 4.81. The highest BCUT2D eigenvalue weighted by molar-refractivity contribution is 5.85. The molecule has 2 aliphatic rings. The Labute approximate surface area is 88.9 Å². The fourth-order valence-electron chi connectivity index (χ4n) is 2.39. The lowest BCUT2D eigenvalue weighted by molar-refractivity contribution is 0.360. The minimum absolute atomic E-state index is 0. The minimum Gasteiger partial charge on any atom is -0.339 e. The summed E-state index contributed by atoms with van der Waals surface area (Å²) < 4.78 is 5.19. The molecule has 2 fully saturated rings. The van der Waals surface area contributed by atoms with Crippen molar-refractivity contribution in [3.8, 4) is 0 Å². The Bertz CT molecular complexity index is 333. The molecule has 0 amide bonds. The van der Waals surface area contributed by atoms with Crippen LogP contribution in [0.3, 0.4) is 0 Å². The summed E-state index contributed by atoms with van der Waals surface area (Å²) in [5.41, 5.74) is 0.471. The molecule has 0 bridgehead atoms. The van der Waals surface area contributed by atoms with Crippen molar-refractivity contribution in [2.45, 2.75) is 25.7 Å². The van der Waals surface area contributed by atoms with E-state index in [1.165, 1.54) is 12.8 Å². The molecule has 0 aromatic carbocycles. The second kappa shape index (κ2) is 3.21. The van der Waals surface area contributed by atoms with Gasteiger partial charge in [0.05, 0.1) is 0 Å². The van der Waals surface area contributed by atoms with Crippen LogP contribution in [0.2, 0.25) is 0 Å². The van der Waals surface area contributed by atoms with Crippen LogP contribution in [0, 0.1) is 12.3 Å². The van der Waals surface area contributed by atoms with Gasteiger partial charge in [0.25, 0.3) is 0 Å². The van der Waals surface area contributed by atoms with E-state index in [4.69, 9.17) is 4.52 Å². The summed E-state index contributed by atoms with van der Waals surface area (Å²) in [5, 5.41) is 7.22. The van der Waals surface area contributed by atoms with E-state index in [0.29, 0.717) is 11.3 Å². The standard InChI is InChI=1S/C9H13N3O.ClH/c1-6-11-8(13-12-6)7-4-9(7)2-3-10-5-9;/h7,10H,2-5H2,1H3;1H. The van der Waals surface area contributed by atoms with E-state index in [1.807, 2.05) is 6.92 Å². The number of rotatable bonds is 1. The van der Waals surface area contributed by atoms with E-state index < -0.39 is 0 Å². The average Bonchev–Trinajstić information content (AvgIpc) is 2.50. The van der Waals surface area contributed by atoms with E-state index in [1.54, 1.807) is 0 Å². The van der Waals surface area contributed by atoms with Gasteiger partial charge in [-0.05, 0) is 31.7 Å². The van der Waals surface area contributed by atoms with E-state index >= 15 is 0 Å². The fourth-order valence-corrected chi connectivity index (χ4v) is 2.39. The third-order valence-electron chi connectivity index (χ3n) is 3.31. The van der Waals surface area contributed by atoms with Gasteiger partial charge in [0.1, 0.15) is 0 Å². The molecule has 0 radical (unpaired) electrons. The van der Waals surface area contributed by atoms with Crippen molar-refractivity contribution in [2.24, 2.45) is 5.41 Å². The largest absolute Gasteiger partial charge is 0.339 e. The maximum atomic E-state index is 5.19. The lowest BCUT2D eigenvalue weighted by Gasteiger charge is -2.02. The van der Waals surface area contributed by atoms with Gasteiger partial charge in [-0.25, -0.2) is 0 Å². The number of nitrogens with zero attached hydrogens (tertiary/aromatic N) is 2. The van der Waals surface area contributed by atoms with Crippen LogP contribution in [0.1, 0.15) is 30.5 Å². The quantitative estimate of drug-likeness (QED) is 0.767. The normalized spacial score (nSPS) is 34.5. The molecule has 2 heterocycles. The van der Waals surface area contributed by atoms with Gasteiger partial charge >= 0.3 is 0 Å². The topological polar surface area (TPSA) is 51.0 Å². The summed E-state index contributed by atoms with van der Waals surface area (Å²) in [6.07, 6.45) is 2.49. The molecule has 3 rings (SSSR count). The molecule has 1 aromatic heterocycles. The molecule has 1 saturated carbocycles. The monoisotopic (exact) mass is 215 g/mol. The van der Waals surface area contributed by atoms with Crippen molar-refractivity contribution >= 4 is 12.4 Å². The molecule has 1 aromatic rings. The molecular formula is C9H14ClN3O. The predicted octanol–water partition coefficient (Wildman–Crippen LogP) is 1.27. The van der Waals surface area contributed by atoms with Crippen molar-refractivity contribution in [3.63, 3.8) is 0 Å². The Balaban J connectivity index is 0.000000750. The third kappa shape index (κ3) is 1.33. The SMILES string of the molecule is Cc1noc(C2CC23CCNC3)n1.Cl. The highest BCUT2D eigenvalue weighted by Crippen LogP contribution is 2.62. The Hall–Kier alpha value is -0.610. The van der Waals surface area contributed by atoms with Gasteiger partial charge in [-0.3, -0.25) is 0 Å². The van der Waals surface area contributed by atoms with Crippen molar-refractivity contribution in [2.75, 3.05) is 13.1 Å². The van der Waals surface area contributed by atoms with Crippen molar-refractivity contribution in [3.05, 3.63) is 11.7 Å². The highest BCUT2D eigenvalue weighted by atomic mass is 35.5. The maximum Gasteiger partial charge on any atom is 0.230 e. The molecule has 4 nitrogen and oxygen atoms in total. The molecule has 14 heavy (non-hydrogen) atoms. The second-order valence-corrected chi connectivity index (χ2v) is 4.23. The van der Waals surface area contributed by atoms with Crippen LogP contribution in [0.25, 0.3) is 0 Å². The Morgan fingerprint density at radius 1 is 1.57 bits per heavy atom. The van der Waals surface area contributed by atoms with Crippen LogP contribution in [-0.4, -0.2) is 23.2 Å². The van der Waals surface area contributed by atoms with Gasteiger partial charge in [0.2, 0.25) is 5.89 Å². The van der Waals surface area contributed by atoms with Crippen LogP contribution in [0.15, 0.2) is 4.52 Å². The van der Waals surface area contributed by atoms with Crippen LogP contribution >= 0.6 is 12.4 Å². The molecule has 5 heteroatoms. The highest BCUT2D eigenvalue weighted by Gasteiger charge is 2.58. The number of halogens is 1. The molecule has 1 aliphatic carbocycles. The summed E-state index contributed by atoms with van der Waals surface area (Å²) in [7, 11) is 0. The molecule has 1 aliphatic heterocycles. The maximum absolute atomic E-state index is 5.19. The van der Waals surface area contributed by atoms with Crippen molar-refractivity contribution in [1.82, 2.24) is 15.5 Å². The van der Waals surface area contributed by atoms with Gasteiger partial charge < -0.3 is 9.84 Å². The van der Waals surface area contributed by atoms with Gasteiger partial charge in [0.15, 0.2) is 5.82 Å². The minimum atomic E-state index is 0. The predicted molar refractivity (Wildman–Crippen MR) is 53.6 cm³/mol. The van der Waals surface area contributed by atoms with Crippen LogP contribution < -0.4 is 5.32 Å². The van der Waals surface area contributed by atoms with Gasteiger partial charge in [-0.1, -0.05) is 5.16 Å². The molecule has 2 atom stereocenters. The summed E-state index contributed by atoms with van der Waals surface area (Å²) in [6, 6.07) is 0. The number of nitrogens with one attached hydrogen (secondary N) is 1. The van der Waals surface area contributed by atoms with Crippen LogP contribution in [-0.2, 0) is 0 Å². The van der Waals surface area contributed by atoms with Crippen molar-refractivity contribution in [1.29, 1.82) is 0 Å². The average molecular weight is 216 g/mol. The summed E-state index contributed by atoms with van der Waals surface area (Å²) >= 11 is 0. The first-order chi connectivity index (χ1) is 6.30. The first-order valence-electron chi connectivity index (χ1n) is 4.81. The Morgan fingerprint density at radius 2 is 2.43 bits per heavy atom. The number of aromatic nitrogens is 2. The number of hydrogen-bond acceptors (Lipinski definition) is 4. The lowest BCUT2D eigenvalue weighted by Crippen LogP contribution is -2.10. The van der Waals surface area contributed by atoms with E-state index in [-0.39, 0.29) is 12.4 Å². The van der Waals surface area contributed by atoms with Crippen molar-refractivity contribution < 1.29 is 4.52 Å². The summed E-state index contributed by atoms with van der Waals surface area (Å²) in [4.78, 5) is 4.29. The smallest absolute Gasteiger partial charge is 0.230 e. The third-order valence-corrected chi connectivity index (χ3v) is 3.31. The fraction of sp³-hybridized carbons (Fsp3) is 0.778. The van der Waals surface area contributed by atoms with E-state index in [2.05, 4.69) is 15.5 Å². The Morgan fingerprint density at radius 3 is 3.00 bits per heavy atom. The van der Waals surface area contributed by atoms with Gasteiger partial charge in [0, 0.05) is 12.5 Å². The van der Waals surface area contributed by atoms with Crippen LogP contribution in [0.4, 0.5) is 0 Å². The summed E-state index contributed by atoms with van der Waals surface area (Å²) in [6.45, 7) is 4.14. The molecule has 2 unspecified atom stereocenters. The number of hydrogen-bond donors (Lipinski definition) is 1. The second-order valence-electron chi connectivity index (χ2n) is 4.23. The first kappa shape index (κ1) is 9.93. The van der Waals surface area contributed by atoms with Gasteiger partial charge in [-0.2, -0.15) is 4.98 Å². The molecule has 1 spiro atoms. The van der Waals surface area contributed by atoms with E-state index in [9.17, 15) is 0 Å². The lowest BCUT2D eigenvalue weighted by atomic mass is 10.0. The van der Waals surface area contributed by atoms with E-state index in [0.717, 1.165) is 24.8 Å². The summed E-state index contributed by atoms with van der Waals surface area (Å²) in [5.74, 6) is 2.13. The molecular weight excluding hydrogens is 202 g/mol.